The van der Waals surface area contributed by atoms with Gasteiger partial charge >= 0.3 is 0 Å². The van der Waals surface area contributed by atoms with Crippen LogP contribution in [0.1, 0.15) is 0 Å². The highest BCUT2D eigenvalue weighted by atomic mass is 15.1. The maximum absolute atomic E-state index is 4.23. The highest BCUT2D eigenvalue weighted by molar-refractivity contribution is 6.18. The molecule has 0 saturated carbocycles. The number of para-hydroxylation sites is 1. The Labute approximate surface area is 204 Å². The summed E-state index contributed by atoms with van der Waals surface area (Å²) in [5.41, 5.74) is 11.1. The molecule has 0 atom stereocenters. The van der Waals surface area contributed by atoms with Crippen molar-refractivity contribution in [3.8, 4) is 33.4 Å². The van der Waals surface area contributed by atoms with E-state index in [-0.39, 0.29) is 0 Å². The highest BCUT2D eigenvalue weighted by Gasteiger charge is 2.22. The van der Waals surface area contributed by atoms with Crippen molar-refractivity contribution in [2.75, 3.05) is 4.90 Å². The van der Waals surface area contributed by atoms with Crippen molar-refractivity contribution >= 4 is 27.8 Å². The van der Waals surface area contributed by atoms with Gasteiger partial charge in [0.05, 0.1) is 0 Å². The third kappa shape index (κ3) is 3.15. The molecule has 0 fully saturated rings. The molecule has 1 aliphatic rings. The Bertz CT molecular complexity index is 1620. The van der Waals surface area contributed by atoms with Crippen molar-refractivity contribution in [2.45, 2.75) is 0 Å². The number of benzene rings is 5. The second kappa shape index (κ2) is 7.96. The number of fused-ring (bicyclic) bond motifs is 3. The van der Waals surface area contributed by atoms with Crippen molar-refractivity contribution in [2.24, 2.45) is 0 Å². The van der Waals surface area contributed by atoms with E-state index < -0.39 is 0 Å². The zero-order valence-electron chi connectivity index (χ0n) is 19.1. The van der Waals surface area contributed by atoms with E-state index in [0.29, 0.717) is 0 Å². The van der Waals surface area contributed by atoms with Gasteiger partial charge in [-0.25, -0.2) is 0 Å². The van der Waals surface area contributed by atoms with Crippen LogP contribution in [0.15, 0.2) is 134 Å². The second-order valence-corrected chi connectivity index (χ2v) is 8.86. The summed E-state index contributed by atoms with van der Waals surface area (Å²) in [6.45, 7) is 0. The molecule has 35 heavy (non-hydrogen) atoms. The van der Waals surface area contributed by atoms with E-state index in [1.165, 1.54) is 44.2 Å². The molecule has 5 aromatic carbocycles. The standard InChI is InChI=1S/C33H22N2/c1-2-9-24(10-3-1)35(25-18-20-34-21-19-25)26-11-6-8-23(22-26)27-16-17-32-29-13-5-4-12-28(29)31-15-7-14-30(27)33(31)32/h1-22H. The van der Waals surface area contributed by atoms with Gasteiger partial charge < -0.3 is 4.90 Å². The Balaban J connectivity index is 1.41. The van der Waals surface area contributed by atoms with Gasteiger partial charge in [-0.1, -0.05) is 84.9 Å². The molecule has 0 aliphatic heterocycles. The molecule has 6 aromatic rings. The number of pyridine rings is 1. The first-order valence-corrected chi connectivity index (χ1v) is 11.9. The second-order valence-electron chi connectivity index (χ2n) is 8.86. The summed E-state index contributed by atoms with van der Waals surface area (Å²) in [5.74, 6) is 0. The molecule has 1 heterocycles. The van der Waals surface area contributed by atoms with Crippen molar-refractivity contribution in [3.63, 3.8) is 0 Å². The Morgan fingerprint density at radius 3 is 1.83 bits per heavy atom. The van der Waals surface area contributed by atoms with Crippen molar-refractivity contribution in [1.29, 1.82) is 0 Å². The fraction of sp³-hybridized carbons (Fsp3) is 0. The molecule has 0 spiro atoms. The monoisotopic (exact) mass is 446 g/mol. The lowest BCUT2D eigenvalue weighted by atomic mass is 9.94. The molecular weight excluding hydrogens is 424 g/mol. The van der Waals surface area contributed by atoms with Gasteiger partial charge in [-0.2, -0.15) is 0 Å². The average Bonchev–Trinajstić information content (AvgIpc) is 3.26. The SMILES string of the molecule is c1ccc(N(c2ccncc2)c2cccc(-c3ccc4c5c(cccc35)-c3ccccc3-4)c2)cc1. The smallest absolute Gasteiger partial charge is 0.0492 e. The summed E-state index contributed by atoms with van der Waals surface area (Å²) in [5, 5.41) is 2.65. The summed E-state index contributed by atoms with van der Waals surface area (Å²) < 4.78 is 0. The average molecular weight is 447 g/mol. The van der Waals surface area contributed by atoms with Crippen molar-refractivity contribution in [1.82, 2.24) is 4.98 Å². The van der Waals surface area contributed by atoms with Gasteiger partial charge in [-0.3, -0.25) is 4.98 Å². The highest BCUT2D eigenvalue weighted by Crippen LogP contribution is 2.49. The van der Waals surface area contributed by atoms with E-state index in [2.05, 4.69) is 131 Å². The van der Waals surface area contributed by atoms with Gasteiger partial charge in [0.1, 0.15) is 0 Å². The number of hydrogen-bond acceptors (Lipinski definition) is 2. The fourth-order valence-corrected chi connectivity index (χ4v) is 5.39. The van der Waals surface area contributed by atoms with Gasteiger partial charge in [0, 0.05) is 29.5 Å². The van der Waals surface area contributed by atoms with Crippen LogP contribution < -0.4 is 4.90 Å². The van der Waals surface area contributed by atoms with Crippen LogP contribution in [-0.2, 0) is 0 Å². The Morgan fingerprint density at radius 2 is 1.03 bits per heavy atom. The lowest BCUT2D eigenvalue weighted by Crippen LogP contribution is -2.09. The zero-order valence-corrected chi connectivity index (χ0v) is 19.1. The van der Waals surface area contributed by atoms with Crippen LogP contribution in [0.4, 0.5) is 17.1 Å². The van der Waals surface area contributed by atoms with Crippen LogP contribution in [0.3, 0.4) is 0 Å². The predicted molar refractivity (Wildman–Crippen MR) is 146 cm³/mol. The minimum Gasteiger partial charge on any atom is -0.310 e. The maximum Gasteiger partial charge on any atom is 0.0492 e. The number of nitrogens with zero attached hydrogens (tertiary/aromatic N) is 2. The molecular formula is C33H22N2. The molecule has 0 radical (unpaired) electrons. The summed E-state index contributed by atoms with van der Waals surface area (Å²) in [6, 6.07) is 43.4. The number of anilines is 3. The molecule has 2 heteroatoms. The molecule has 0 unspecified atom stereocenters. The fourth-order valence-electron chi connectivity index (χ4n) is 5.39. The first-order valence-electron chi connectivity index (χ1n) is 11.9. The van der Waals surface area contributed by atoms with E-state index in [1.807, 2.05) is 12.4 Å². The van der Waals surface area contributed by atoms with Crippen LogP contribution >= 0.6 is 0 Å². The molecule has 0 saturated heterocycles. The van der Waals surface area contributed by atoms with E-state index in [0.717, 1.165) is 17.1 Å². The lowest BCUT2D eigenvalue weighted by molar-refractivity contribution is 1.24. The lowest BCUT2D eigenvalue weighted by Gasteiger charge is -2.25. The normalized spacial score (nSPS) is 11.4. The minimum absolute atomic E-state index is 1.08. The third-order valence-corrected chi connectivity index (χ3v) is 6.90. The van der Waals surface area contributed by atoms with Gasteiger partial charge in [0.2, 0.25) is 0 Å². The summed E-state index contributed by atoms with van der Waals surface area (Å²) in [7, 11) is 0. The zero-order chi connectivity index (χ0) is 23.2. The quantitative estimate of drug-likeness (QED) is 0.268. The van der Waals surface area contributed by atoms with Gasteiger partial charge in [-0.05, 0) is 80.6 Å². The van der Waals surface area contributed by atoms with Crippen LogP contribution in [0, 0.1) is 0 Å². The van der Waals surface area contributed by atoms with Crippen molar-refractivity contribution in [3.05, 3.63) is 134 Å². The Kier molecular flexibility index (Phi) is 4.49. The molecule has 0 bridgehead atoms. The summed E-state index contributed by atoms with van der Waals surface area (Å²) in [6.07, 6.45) is 3.69. The van der Waals surface area contributed by atoms with E-state index >= 15 is 0 Å². The molecule has 0 N–H and O–H groups in total. The number of hydrogen-bond donors (Lipinski definition) is 0. The van der Waals surface area contributed by atoms with E-state index in [9.17, 15) is 0 Å². The molecule has 2 nitrogen and oxygen atoms in total. The van der Waals surface area contributed by atoms with Gasteiger partial charge in [0.15, 0.2) is 0 Å². The van der Waals surface area contributed by atoms with Crippen LogP contribution in [-0.4, -0.2) is 4.98 Å². The molecule has 7 rings (SSSR count). The summed E-state index contributed by atoms with van der Waals surface area (Å²) >= 11 is 0. The molecule has 164 valence electrons. The largest absolute Gasteiger partial charge is 0.310 e. The third-order valence-electron chi connectivity index (χ3n) is 6.90. The van der Waals surface area contributed by atoms with Crippen molar-refractivity contribution < 1.29 is 0 Å². The topological polar surface area (TPSA) is 16.1 Å². The first kappa shape index (κ1) is 19.7. The Hall–Kier alpha value is -4.69. The van der Waals surface area contributed by atoms with Crippen LogP contribution in [0.2, 0.25) is 0 Å². The maximum atomic E-state index is 4.23. The van der Waals surface area contributed by atoms with Gasteiger partial charge in [-0.15, -0.1) is 0 Å². The molecule has 1 aliphatic carbocycles. The van der Waals surface area contributed by atoms with E-state index in [4.69, 9.17) is 0 Å². The van der Waals surface area contributed by atoms with E-state index in [1.54, 1.807) is 0 Å². The predicted octanol–water partition coefficient (Wildman–Crippen LogP) is 9.02. The number of aromatic nitrogens is 1. The first-order chi connectivity index (χ1) is 17.4. The molecule has 0 amide bonds. The molecule has 1 aromatic heterocycles. The minimum atomic E-state index is 1.08. The van der Waals surface area contributed by atoms with Crippen LogP contribution in [0.25, 0.3) is 44.2 Å². The summed E-state index contributed by atoms with van der Waals surface area (Å²) in [4.78, 5) is 6.51. The van der Waals surface area contributed by atoms with Crippen LogP contribution in [0.5, 0.6) is 0 Å². The number of rotatable bonds is 4. The Morgan fingerprint density at radius 1 is 0.429 bits per heavy atom. The van der Waals surface area contributed by atoms with Gasteiger partial charge in [0.25, 0.3) is 0 Å².